The van der Waals surface area contributed by atoms with E-state index in [0.29, 0.717) is 5.41 Å². The van der Waals surface area contributed by atoms with Crippen LogP contribution in [0.2, 0.25) is 0 Å². The average molecular weight is 254 g/mol. The lowest BCUT2D eigenvalue weighted by Crippen LogP contribution is -2.75. The molecule has 0 saturated carbocycles. The first-order valence-electron chi connectivity index (χ1n) is 7.20. The summed E-state index contributed by atoms with van der Waals surface area (Å²) in [5.41, 5.74) is 0.912. The molecule has 18 heavy (non-hydrogen) atoms. The first-order valence-corrected chi connectivity index (χ1v) is 7.20. The molecule has 2 saturated heterocycles. The maximum absolute atomic E-state index is 5.55. The molecule has 2 rings (SSSR count). The van der Waals surface area contributed by atoms with Crippen molar-refractivity contribution in [2.75, 3.05) is 39.4 Å². The van der Waals surface area contributed by atoms with Crippen molar-refractivity contribution in [1.82, 2.24) is 9.80 Å². The zero-order valence-corrected chi connectivity index (χ0v) is 13.0. The van der Waals surface area contributed by atoms with Crippen LogP contribution in [0.3, 0.4) is 0 Å². The van der Waals surface area contributed by atoms with E-state index < -0.39 is 0 Å². The third-order valence-corrected chi connectivity index (χ3v) is 3.98. The summed E-state index contributed by atoms with van der Waals surface area (Å²) in [4.78, 5) is 5.30. The number of hydrogen-bond acceptors (Lipinski definition) is 3. The van der Waals surface area contributed by atoms with E-state index >= 15 is 0 Å². The van der Waals surface area contributed by atoms with E-state index in [0.717, 1.165) is 13.2 Å². The summed E-state index contributed by atoms with van der Waals surface area (Å²) < 4.78 is 5.55. The molecule has 0 amide bonds. The summed E-state index contributed by atoms with van der Waals surface area (Å²) in [6.07, 6.45) is 0. The number of piperazine rings is 1. The summed E-state index contributed by atoms with van der Waals surface area (Å²) in [6.45, 7) is 20.5. The third-order valence-electron chi connectivity index (χ3n) is 3.98. The minimum Gasteiger partial charge on any atom is -0.377 e. The Morgan fingerprint density at radius 2 is 1.61 bits per heavy atom. The first-order chi connectivity index (χ1) is 8.12. The van der Waals surface area contributed by atoms with Gasteiger partial charge in [-0.05, 0) is 26.2 Å². The van der Waals surface area contributed by atoms with Gasteiger partial charge in [0.05, 0.1) is 18.8 Å². The molecule has 2 heterocycles. The van der Waals surface area contributed by atoms with Crippen molar-refractivity contribution in [3.05, 3.63) is 0 Å². The van der Waals surface area contributed by atoms with E-state index in [4.69, 9.17) is 4.74 Å². The molecule has 0 aromatic heterocycles. The van der Waals surface area contributed by atoms with Crippen LogP contribution in [-0.4, -0.2) is 60.3 Å². The fraction of sp³-hybridized carbons (Fsp3) is 1.00. The largest absolute Gasteiger partial charge is 0.377 e. The molecule has 1 spiro atoms. The SMILES string of the molecule is CC(C)(C)CN1CCN(C(C)(C)C)C2(COC2)C1. The van der Waals surface area contributed by atoms with Gasteiger partial charge >= 0.3 is 0 Å². The smallest absolute Gasteiger partial charge is 0.0811 e. The van der Waals surface area contributed by atoms with Gasteiger partial charge in [-0.1, -0.05) is 20.8 Å². The van der Waals surface area contributed by atoms with Crippen molar-refractivity contribution in [1.29, 1.82) is 0 Å². The van der Waals surface area contributed by atoms with Gasteiger partial charge in [-0.3, -0.25) is 9.80 Å². The molecule has 0 N–H and O–H groups in total. The quantitative estimate of drug-likeness (QED) is 0.713. The zero-order chi connectivity index (χ0) is 13.6. The van der Waals surface area contributed by atoms with Crippen molar-refractivity contribution in [2.24, 2.45) is 5.41 Å². The average Bonchev–Trinajstić information content (AvgIpc) is 2.10. The molecular weight excluding hydrogens is 224 g/mol. The molecule has 2 aliphatic heterocycles. The number of nitrogens with zero attached hydrogens (tertiary/aromatic N) is 2. The topological polar surface area (TPSA) is 15.7 Å². The Hall–Kier alpha value is -0.120. The maximum Gasteiger partial charge on any atom is 0.0811 e. The molecule has 0 bridgehead atoms. The van der Waals surface area contributed by atoms with Gasteiger partial charge in [0.15, 0.2) is 0 Å². The minimum atomic E-state index is 0.248. The highest BCUT2D eigenvalue weighted by Gasteiger charge is 2.51. The summed E-state index contributed by atoms with van der Waals surface area (Å²) in [5.74, 6) is 0. The molecule has 0 aromatic rings. The van der Waals surface area contributed by atoms with Gasteiger partial charge in [0, 0.05) is 31.7 Å². The number of rotatable bonds is 1. The highest BCUT2D eigenvalue weighted by molar-refractivity contribution is 5.06. The summed E-state index contributed by atoms with van der Waals surface area (Å²) in [6, 6.07) is 0. The van der Waals surface area contributed by atoms with Gasteiger partial charge in [0.2, 0.25) is 0 Å². The molecule has 2 fully saturated rings. The number of ether oxygens (including phenoxy) is 1. The lowest BCUT2D eigenvalue weighted by atomic mass is 9.85. The molecule has 3 nitrogen and oxygen atoms in total. The molecule has 0 unspecified atom stereocenters. The van der Waals surface area contributed by atoms with E-state index in [9.17, 15) is 0 Å². The Kier molecular flexibility index (Phi) is 3.54. The molecule has 0 aliphatic carbocycles. The fourth-order valence-corrected chi connectivity index (χ4v) is 3.50. The normalized spacial score (nSPS) is 26.3. The Morgan fingerprint density at radius 1 is 1.00 bits per heavy atom. The predicted octanol–water partition coefficient (Wildman–Crippen LogP) is 2.22. The summed E-state index contributed by atoms with van der Waals surface area (Å²) in [7, 11) is 0. The van der Waals surface area contributed by atoms with E-state index in [2.05, 4.69) is 51.3 Å². The van der Waals surface area contributed by atoms with Crippen LogP contribution in [0.1, 0.15) is 41.5 Å². The van der Waals surface area contributed by atoms with Crippen molar-refractivity contribution < 1.29 is 4.74 Å². The van der Waals surface area contributed by atoms with Crippen molar-refractivity contribution in [3.8, 4) is 0 Å². The second-order valence-corrected chi connectivity index (χ2v) is 8.31. The highest BCUT2D eigenvalue weighted by atomic mass is 16.5. The van der Waals surface area contributed by atoms with E-state index in [1.54, 1.807) is 0 Å². The fourth-order valence-electron chi connectivity index (χ4n) is 3.50. The van der Waals surface area contributed by atoms with Crippen LogP contribution in [0.5, 0.6) is 0 Å². The van der Waals surface area contributed by atoms with E-state index in [1.165, 1.54) is 26.2 Å². The van der Waals surface area contributed by atoms with Crippen molar-refractivity contribution in [3.63, 3.8) is 0 Å². The van der Waals surface area contributed by atoms with Crippen LogP contribution in [-0.2, 0) is 4.74 Å². The molecule has 2 aliphatic rings. The Balaban J connectivity index is 2.06. The van der Waals surface area contributed by atoms with Crippen molar-refractivity contribution >= 4 is 0 Å². The molecule has 3 heteroatoms. The maximum atomic E-state index is 5.55. The Labute approximate surface area is 112 Å². The van der Waals surface area contributed by atoms with Crippen LogP contribution >= 0.6 is 0 Å². The lowest BCUT2D eigenvalue weighted by molar-refractivity contribution is -0.195. The van der Waals surface area contributed by atoms with Gasteiger partial charge in [-0.25, -0.2) is 0 Å². The first kappa shape index (κ1) is 14.3. The van der Waals surface area contributed by atoms with Gasteiger partial charge in [-0.15, -0.1) is 0 Å². The highest BCUT2D eigenvalue weighted by Crippen LogP contribution is 2.35. The standard InChI is InChI=1S/C15H30N2O/c1-13(2,3)9-16-7-8-17(14(4,5)6)15(10-16)11-18-12-15/h7-12H2,1-6H3. The van der Waals surface area contributed by atoms with Gasteiger partial charge in [-0.2, -0.15) is 0 Å². The van der Waals surface area contributed by atoms with Crippen molar-refractivity contribution in [2.45, 2.75) is 52.6 Å². The second-order valence-electron chi connectivity index (χ2n) is 8.31. The van der Waals surface area contributed by atoms with Crippen LogP contribution in [0.15, 0.2) is 0 Å². The molecular formula is C15H30N2O. The Morgan fingerprint density at radius 3 is 2.00 bits per heavy atom. The Bertz CT molecular complexity index is 297. The summed E-state index contributed by atoms with van der Waals surface area (Å²) in [5, 5.41) is 0. The number of hydrogen-bond donors (Lipinski definition) is 0. The predicted molar refractivity (Wildman–Crippen MR) is 75.9 cm³/mol. The zero-order valence-electron chi connectivity index (χ0n) is 13.0. The van der Waals surface area contributed by atoms with Crippen LogP contribution < -0.4 is 0 Å². The molecule has 106 valence electrons. The monoisotopic (exact) mass is 254 g/mol. The molecule has 0 aromatic carbocycles. The van der Waals surface area contributed by atoms with Gasteiger partial charge < -0.3 is 4.74 Å². The minimum absolute atomic E-state index is 0.248. The van der Waals surface area contributed by atoms with Gasteiger partial charge in [0.25, 0.3) is 0 Å². The van der Waals surface area contributed by atoms with Crippen LogP contribution in [0.25, 0.3) is 0 Å². The van der Waals surface area contributed by atoms with E-state index in [-0.39, 0.29) is 11.1 Å². The van der Waals surface area contributed by atoms with E-state index in [1.807, 2.05) is 0 Å². The molecule has 0 atom stereocenters. The lowest BCUT2D eigenvalue weighted by Gasteiger charge is -2.60. The third kappa shape index (κ3) is 2.89. The molecule has 0 radical (unpaired) electrons. The van der Waals surface area contributed by atoms with Crippen LogP contribution in [0, 0.1) is 5.41 Å². The summed E-state index contributed by atoms with van der Waals surface area (Å²) >= 11 is 0. The van der Waals surface area contributed by atoms with Crippen LogP contribution in [0.4, 0.5) is 0 Å². The second kappa shape index (κ2) is 4.46. The van der Waals surface area contributed by atoms with Gasteiger partial charge in [0.1, 0.15) is 0 Å².